The Kier molecular flexibility index (Phi) is 6.89. The van der Waals surface area contributed by atoms with Crippen LogP contribution in [-0.2, 0) is 0 Å². The van der Waals surface area contributed by atoms with Gasteiger partial charge in [-0.15, -0.1) is 0 Å². The number of methoxy groups -OCH3 is 1. The van der Waals surface area contributed by atoms with E-state index in [0.29, 0.717) is 12.1 Å². The van der Waals surface area contributed by atoms with E-state index in [4.69, 9.17) is 4.74 Å². The van der Waals surface area contributed by atoms with Gasteiger partial charge in [0.25, 0.3) is 0 Å². The number of nitrogens with zero attached hydrogens (tertiary/aromatic N) is 1. The van der Waals surface area contributed by atoms with Crippen molar-refractivity contribution in [2.45, 2.75) is 39.8 Å². The molecule has 1 rings (SSSR count). The van der Waals surface area contributed by atoms with Gasteiger partial charge < -0.3 is 10.1 Å². The number of hydrogen-bond donors (Lipinski definition) is 1. The minimum atomic E-state index is 0.309. The summed E-state index contributed by atoms with van der Waals surface area (Å²) in [5, 5.41) is 3.57. The van der Waals surface area contributed by atoms with Crippen molar-refractivity contribution < 1.29 is 4.74 Å². The number of ether oxygens (including phenoxy) is 1. The van der Waals surface area contributed by atoms with Gasteiger partial charge in [0.05, 0.1) is 7.11 Å². The van der Waals surface area contributed by atoms with Crippen molar-refractivity contribution in [2.75, 3.05) is 26.7 Å². The van der Waals surface area contributed by atoms with E-state index in [1.165, 1.54) is 5.56 Å². The molecule has 0 saturated heterocycles. The lowest BCUT2D eigenvalue weighted by Gasteiger charge is -2.30. The Morgan fingerprint density at radius 1 is 1.21 bits per heavy atom. The van der Waals surface area contributed by atoms with Crippen LogP contribution in [0.3, 0.4) is 0 Å². The first-order valence-electron chi connectivity index (χ1n) is 7.24. The smallest absolute Gasteiger partial charge is 0.123 e. The Bertz CT molecular complexity index is 366. The summed E-state index contributed by atoms with van der Waals surface area (Å²) in [5.41, 5.74) is 1.24. The highest BCUT2D eigenvalue weighted by atomic mass is 16.5. The second-order valence-electron chi connectivity index (χ2n) is 5.03. The van der Waals surface area contributed by atoms with E-state index in [-0.39, 0.29) is 0 Å². The van der Waals surface area contributed by atoms with Gasteiger partial charge in [0.1, 0.15) is 5.75 Å². The zero-order valence-corrected chi connectivity index (χ0v) is 12.9. The Balaban J connectivity index is 2.92. The molecule has 1 atom stereocenters. The van der Waals surface area contributed by atoms with E-state index in [0.717, 1.165) is 25.4 Å². The normalized spacial score (nSPS) is 13.0. The van der Waals surface area contributed by atoms with Crippen LogP contribution < -0.4 is 10.1 Å². The summed E-state index contributed by atoms with van der Waals surface area (Å²) >= 11 is 0. The summed E-state index contributed by atoms with van der Waals surface area (Å²) in [5.74, 6) is 0.966. The van der Waals surface area contributed by atoms with Crippen molar-refractivity contribution in [1.29, 1.82) is 0 Å². The largest absolute Gasteiger partial charge is 0.496 e. The molecule has 3 heteroatoms. The van der Waals surface area contributed by atoms with Crippen LogP contribution in [0.15, 0.2) is 24.3 Å². The van der Waals surface area contributed by atoms with Gasteiger partial charge in [-0.1, -0.05) is 32.0 Å². The monoisotopic (exact) mass is 264 g/mol. The highest BCUT2D eigenvalue weighted by Gasteiger charge is 2.19. The lowest BCUT2D eigenvalue weighted by atomic mass is 10.0. The molecular formula is C16H28N2O. The van der Waals surface area contributed by atoms with Crippen molar-refractivity contribution in [2.24, 2.45) is 0 Å². The summed E-state index contributed by atoms with van der Waals surface area (Å²) in [6.45, 7) is 11.9. The van der Waals surface area contributed by atoms with Crippen molar-refractivity contribution in [3.8, 4) is 5.75 Å². The number of nitrogens with one attached hydrogen (secondary N) is 1. The van der Waals surface area contributed by atoms with Gasteiger partial charge in [-0.25, -0.2) is 0 Å². The SMILES string of the molecule is CCNC(CN(CC)C(C)C)c1ccccc1OC. The molecule has 1 aromatic carbocycles. The molecule has 1 N–H and O–H groups in total. The van der Waals surface area contributed by atoms with Crippen LogP contribution in [0, 0.1) is 0 Å². The summed E-state index contributed by atoms with van der Waals surface area (Å²) in [7, 11) is 1.74. The third-order valence-corrected chi connectivity index (χ3v) is 3.52. The standard InChI is InChI=1S/C16H28N2O/c1-6-17-15(12-18(7-2)13(3)4)14-10-8-9-11-16(14)19-5/h8-11,13,15,17H,6-7,12H2,1-5H3. The third-order valence-electron chi connectivity index (χ3n) is 3.52. The second-order valence-corrected chi connectivity index (χ2v) is 5.03. The van der Waals surface area contributed by atoms with E-state index in [1.54, 1.807) is 7.11 Å². The van der Waals surface area contributed by atoms with Crippen molar-refractivity contribution in [3.05, 3.63) is 29.8 Å². The Labute approximate surface area is 118 Å². The molecule has 0 aromatic heterocycles. The van der Waals surface area contributed by atoms with E-state index in [2.05, 4.69) is 50.0 Å². The molecule has 0 fully saturated rings. The van der Waals surface area contributed by atoms with E-state index < -0.39 is 0 Å². The predicted molar refractivity (Wildman–Crippen MR) is 81.8 cm³/mol. The van der Waals surface area contributed by atoms with Gasteiger partial charge in [-0.2, -0.15) is 0 Å². The number of benzene rings is 1. The molecule has 0 heterocycles. The van der Waals surface area contributed by atoms with Gasteiger partial charge >= 0.3 is 0 Å². The molecule has 0 saturated carbocycles. The van der Waals surface area contributed by atoms with Crippen LogP contribution in [0.5, 0.6) is 5.75 Å². The zero-order valence-electron chi connectivity index (χ0n) is 12.9. The summed E-state index contributed by atoms with van der Waals surface area (Å²) in [6.07, 6.45) is 0. The fraction of sp³-hybridized carbons (Fsp3) is 0.625. The molecule has 3 nitrogen and oxygen atoms in total. The van der Waals surface area contributed by atoms with E-state index in [1.807, 2.05) is 12.1 Å². The molecular weight excluding hydrogens is 236 g/mol. The topological polar surface area (TPSA) is 24.5 Å². The predicted octanol–water partition coefficient (Wildman–Crippen LogP) is 3.08. The average molecular weight is 264 g/mol. The van der Waals surface area contributed by atoms with Crippen molar-refractivity contribution in [1.82, 2.24) is 10.2 Å². The first-order valence-corrected chi connectivity index (χ1v) is 7.24. The summed E-state index contributed by atoms with van der Waals surface area (Å²) in [6, 6.07) is 9.15. The first kappa shape index (κ1) is 16.0. The third kappa shape index (κ3) is 4.51. The van der Waals surface area contributed by atoms with Crippen LogP contribution in [0.4, 0.5) is 0 Å². The van der Waals surface area contributed by atoms with Crippen molar-refractivity contribution >= 4 is 0 Å². The van der Waals surface area contributed by atoms with Crippen LogP contribution in [-0.4, -0.2) is 37.7 Å². The van der Waals surface area contributed by atoms with E-state index >= 15 is 0 Å². The molecule has 19 heavy (non-hydrogen) atoms. The maximum atomic E-state index is 5.49. The average Bonchev–Trinajstić information content (AvgIpc) is 2.43. The van der Waals surface area contributed by atoms with Crippen LogP contribution in [0.1, 0.15) is 39.3 Å². The molecule has 1 aromatic rings. The minimum Gasteiger partial charge on any atom is -0.496 e. The number of para-hydroxylation sites is 1. The Morgan fingerprint density at radius 3 is 2.42 bits per heavy atom. The second kappa shape index (κ2) is 8.18. The van der Waals surface area contributed by atoms with Crippen LogP contribution in [0.2, 0.25) is 0 Å². The fourth-order valence-corrected chi connectivity index (χ4v) is 2.41. The highest BCUT2D eigenvalue weighted by molar-refractivity contribution is 5.36. The maximum absolute atomic E-state index is 5.49. The molecule has 0 aliphatic rings. The molecule has 0 aliphatic heterocycles. The van der Waals surface area contributed by atoms with Gasteiger partial charge in [0.15, 0.2) is 0 Å². The Hall–Kier alpha value is -1.06. The van der Waals surface area contributed by atoms with Gasteiger partial charge in [0.2, 0.25) is 0 Å². The molecule has 0 bridgehead atoms. The van der Waals surface area contributed by atoms with Gasteiger partial charge in [0, 0.05) is 24.2 Å². The molecule has 0 amide bonds. The minimum absolute atomic E-state index is 0.309. The number of rotatable bonds is 8. The summed E-state index contributed by atoms with van der Waals surface area (Å²) < 4.78 is 5.49. The van der Waals surface area contributed by atoms with Gasteiger partial charge in [-0.05, 0) is 33.0 Å². The molecule has 0 aliphatic carbocycles. The molecule has 1 unspecified atom stereocenters. The van der Waals surface area contributed by atoms with Crippen LogP contribution >= 0.6 is 0 Å². The lowest BCUT2D eigenvalue weighted by molar-refractivity contribution is 0.206. The highest BCUT2D eigenvalue weighted by Crippen LogP contribution is 2.25. The molecule has 0 spiro atoms. The molecule has 108 valence electrons. The quantitative estimate of drug-likeness (QED) is 0.781. The maximum Gasteiger partial charge on any atom is 0.123 e. The van der Waals surface area contributed by atoms with Crippen molar-refractivity contribution in [3.63, 3.8) is 0 Å². The van der Waals surface area contributed by atoms with Crippen LogP contribution in [0.25, 0.3) is 0 Å². The number of likely N-dealkylation sites (N-methyl/N-ethyl adjacent to an activating group) is 2. The Morgan fingerprint density at radius 2 is 1.89 bits per heavy atom. The van der Waals surface area contributed by atoms with Gasteiger partial charge in [-0.3, -0.25) is 4.90 Å². The summed E-state index contributed by atoms with van der Waals surface area (Å²) in [4.78, 5) is 2.47. The molecule has 0 radical (unpaired) electrons. The lowest BCUT2D eigenvalue weighted by Crippen LogP contribution is -2.39. The first-order chi connectivity index (χ1) is 9.13. The van der Waals surface area contributed by atoms with E-state index in [9.17, 15) is 0 Å². The zero-order chi connectivity index (χ0) is 14.3. The number of hydrogen-bond acceptors (Lipinski definition) is 3. The fourth-order valence-electron chi connectivity index (χ4n) is 2.41.